The third kappa shape index (κ3) is 7.18. The largest absolute Gasteiger partial charge is 0.497 e. The summed E-state index contributed by atoms with van der Waals surface area (Å²) in [6, 6.07) is 11.4. The number of carbonyl (C=O) groups excluding carboxylic acids is 2. The molecule has 8 nitrogen and oxygen atoms in total. The topological polar surface area (TPSA) is 96.0 Å². The molecular formula is C23H30FN3O5S. The summed E-state index contributed by atoms with van der Waals surface area (Å²) in [5.41, 5.74) is 0.451. The van der Waals surface area contributed by atoms with Gasteiger partial charge in [-0.15, -0.1) is 0 Å². The number of amides is 2. The van der Waals surface area contributed by atoms with E-state index in [1.807, 2.05) is 6.92 Å². The number of anilines is 1. The number of para-hydroxylation sites is 1. The number of carbonyl (C=O) groups is 2. The summed E-state index contributed by atoms with van der Waals surface area (Å²) in [7, 11) is -2.47. The second-order valence-electron chi connectivity index (χ2n) is 7.56. The molecule has 0 aromatic heterocycles. The van der Waals surface area contributed by atoms with E-state index >= 15 is 0 Å². The van der Waals surface area contributed by atoms with Gasteiger partial charge in [-0.2, -0.15) is 0 Å². The van der Waals surface area contributed by atoms with Crippen molar-refractivity contribution in [2.45, 2.75) is 32.9 Å². The third-order valence-electron chi connectivity index (χ3n) is 5.00. The molecule has 33 heavy (non-hydrogen) atoms. The number of rotatable bonds is 11. The van der Waals surface area contributed by atoms with Crippen LogP contribution in [0.3, 0.4) is 0 Å². The third-order valence-corrected chi connectivity index (χ3v) is 6.13. The van der Waals surface area contributed by atoms with E-state index in [1.165, 1.54) is 30.2 Å². The molecule has 0 radical (unpaired) electrons. The molecule has 10 heteroatoms. The maximum absolute atomic E-state index is 14.4. The number of nitrogens with zero attached hydrogens (tertiary/aromatic N) is 2. The van der Waals surface area contributed by atoms with Crippen molar-refractivity contribution in [3.8, 4) is 5.75 Å². The van der Waals surface area contributed by atoms with Gasteiger partial charge < -0.3 is 15.0 Å². The second kappa shape index (κ2) is 11.6. The molecule has 2 aromatic rings. The molecule has 2 rings (SSSR count). The van der Waals surface area contributed by atoms with Crippen LogP contribution in [0, 0.1) is 5.82 Å². The summed E-state index contributed by atoms with van der Waals surface area (Å²) in [6.07, 6.45) is 1.62. The second-order valence-corrected chi connectivity index (χ2v) is 9.47. The van der Waals surface area contributed by atoms with Gasteiger partial charge in [-0.05, 0) is 43.2 Å². The first kappa shape index (κ1) is 26.1. The summed E-state index contributed by atoms with van der Waals surface area (Å²) >= 11 is 0. The van der Waals surface area contributed by atoms with E-state index in [2.05, 4.69) is 5.32 Å². The highest BCUT2D eigenvalue weighted by atomic mass is 32.2. The van der Waals surface area contributed by atoms with Gasteiger partial charge in [0, 0.05) is 13.1 Å². The van der Waals surface area contributed by atoms with Crippen molar-refractivity contribution >= 4 is 27.5 Å². The van der Waals surface area contributed by atoms with Gasteiger partial charge in [0.25, 0.3) is 0 Å². The molecule has 2 amide bonds. The SMILES string of the molecule is CCCNC(=O)[C@@H](C)N(Cc1cccc(OC)c1)C(=O)CN(c1ccccc1F)S(C)(=O)=O. The Morgan fingerprint density at radius 2 is 1.85 bits per heavy atom. The van der Waals surface area contributed by atoms with Crippen molar-refractivity contribution in [3.05, 3.63) is 59.9 Å². The highest BCUT2D eigenvalue weighted by molar-refractivity contribution is 7.92. The fraction of sp³-hybridized carbons (Fsp3) is 0.391. The Morgan fingerprint density at radius 1 is 1.15 bits per heavy atom. The minimum atomic E-state index is -3.99. The lowest BCUT2D eigenvalue weighted by molar-refractivity contribution is -0.139. The average molecular weight is 480 g/mol. The number of sulfonamides is 1. The van der Waals surface area contributed by atoms with Crippen LogP contribution in [0.5, 0.6) is 5.75 Å². The Kier molecular flexibility index (Phi) is 9.22. The molecule has 0 bridgehead atoms. The Bertz CT molecular complexity index is 1080. The van der Waals surface area contributed by atoms with Gasteiger partial charge in [0.15, 0.2) is 0 Å². The average Bonchev–Trinajstić information content (AvgIpc) is 2.78. The van der Waals surface area contributed by atoms with Crippen molar-refractivity contribution in [1.82, 2.24) is 10.2 Å². The Labute approximate surface area is 194 Å². The van der Waals surface area contributed by atoms with E-state index in [1.54, 1.807) is 31.2 Å². The normalized spacial score (nSPS) is 12.0. The Balaban J connectivity index is 2.39. The molecule has 0 saturated carbocycles. The van der Waals surface area contributed by atoms with Gasteiger partial charge in [-0.25, -0.2) is 12.8 Å². The lowest BCUT2D eigenvalue weighted by Gasteiger charge is -2.31. The summed E-state index contributed by atoms with van der Waals surface area (Å²) < 4.78 is 45.1. The molecule has 180 valence electrons. The van der Waals surface area contributed by atoms with Crippen molar-refractivity contribution < 1.29 is 27.1 Å². The van der Waals surface area contributed by atoms with Crippen LogP contribution in [0.15, 0.2) is 48.5 Å². The molecule has 0 aliphatic carbocycles. The zero-order valence-electron chi connectivity index (χ0n) is 19.2. The van der Waals surface area contributed by atoms with Crippen molar-refractivity contribution in [2.24, 2.45) is 0 Å². The van der Waals surface area contributed by atoms with Gasteiger partial charge in [-0.3, -0.25) is 13.9 Å². The Hall–Kier alpha value is -3.14. The number of ether oxygens (including phenoxy) is 1. The predicted octanol–water partition coefficient (Wildman–Crippen LogP) is 2.54. The van der Waals surface area contributed by atoms with Gasteiger partial charge in [-0.1, -0.05) is 31.2 Å². The van der Waals surface area contributed by atoms with Crippen LogP contribution in [-0.2, 0) is 26.2 Å². The van der Waals surface area contributed by atoms with E-state index < -0.39 is 34.3 Å². The predicted molar refractivity (Wildman–Crippen MR) is 125 cm³/mol. The lowest BCUT2D eigenvalue weighted by atomic mass is 10.1. The lowest BCUT2D eigenvalue weighted by Crippen LogP contribution is -2.51. The van der Waals surface area contributed by atoms with Gasteiger partial charge in [0.2, 0.25) is 21.8 Å². The molecule has 0 unspecified atom stereocenters. The molecule has 1 atom stereocenters. The van der Waals surface area contributed by atoms with Gasteiger partial charge >= 0.3 is 0 Å². The van der Waals surface area contributed by atoms with Crippen LogP contribution < -0.4 is 14.4 Å². The van der Waals surface area contributed by atoms with Crippen LogP contribution in [-0.4, -0.2) is 57.6 Å². The summed E-state index contributed by atoms with van der Waals surface area (Å²) in [5, 5.41) is 2.75. The van der Waals surface area contributed by atoms with Crippen LogP contribution in [0.2, 0.25) is 0 Å². The highest BCUT2D eigenvalue weighted by Crippen LogP contribution is 2.22. The first-order valence-corrected chi connectivity index (χ1v) is 12.4. The fourth-order valence-electron chi connectivity index (χ4n) is 3.19. The van der Waals surface area contributed by atoms with Crippen molar-refractivity contribution in [2.75, 3.05) is 30.8 Å². The zero-order valence-corrected chi connectivity index (χ0v) is 20.1. The molecule has 0 fully saturated rings. The quantitative estimate of drug-likeness (QED) is 0.534. The molecule has 0 heterocycles. The monoisotopic (exact) mass is 479 g/mol. The first-order valence-electron chi connectivity index (χ1n) is 10.5. The minimum Gasteiger partial charge on any atom is -0.497 e. The number of nitrogens with one attached hydrogen (secondary N) is 1. The van der Waals surface area contributed by atoms with Crippen molar-refractivity contribution in [3.63, 3.8) is 0 Å². The molecule has 2 aromatic carbocycles. The van der Waals surface area contributed by atoms with Crippen LogP contribution >= 0.6 is 0 Å². The zero-order chi connectivity index (χ0) is 24.6. The maximum Gasteiger partial charge on any atom is 0.244 e. The number of methoxy groups -OCH3 is 1. The van der Waals surface area contributed by atoms with E-state index in [-0.39, 0.29) is 18.1 Å². The van der Waals surface area contributed by atoms with Crippen LogP contribution in [0.4, 0.5) is 10.1 Å². The Morgan fingerprint density at radius 3 is 2.45 bits per heavy atom. The van der Waals surface area contributed by atoms with E-state index in [9.17, 15) is 22.4 Å². The molecule has 0 aliphatic rings. The number of benzene rings is 2. The number of hydrogen-bond donors (Lipinski definition) is 1. The summed E-state index contributed by atoms with van der Waals surface area (Å²) in [4.78, 5) is 27.3. The molecule has 1 N–H and O–H groups in total. The number of hydrogen-bond acceptors (Lipinski definition) is 5. The van der Waals surface area contributed by atoms with Crippen LogP contribution in [0.25, 0.3) is 0 Å². The van der Waals surface area contributed by atoms with Gasteiger partial charge in [0.1, 0.15) is 24.2 Å². The smallest absolute Gasteiger partial charge is 0.244 e. The van der Waals surface area contributed by atoms with Crippen LogP contribution in [0.1, 0.15) is 25.8 Å². The summed E-state index contributed by atoms with van der Waals surface area (Å²) in [5.74, 6) is -1.22. The van der Waals surface area contributed by atoms with E-state index in [4.69, 9.17) is 4.74 Å². The standard InChI is InChI=1S/C23H30FN3O5S/c1-5-13-25-23(29)17(2)26(15-18-9-8-10-19(14-18)32-3)22(28)16-27(33(4,30)31)21-12-7-6-11-20(21)24/h6-12,14,17H,5,13,15-16H2,1-4H3,(H,25,29)/t17-/m1/s1. The maximum atomic E-state index is 14.4. The van der Waals surface area contributed by atoms with Crippen molar-refractivity contribution in [1.29, 1.82) is 0 Å². The van der Waals surface area contributed by atoms with E-state index in [0.717, 1.165) is 18.7 Å². The summed E-state index contributed by atoms with van der Waals surface area (Å²) in [6.45, 7) is 3.29. The van der Waals surface area contributed by atoms with Gasteiger partial charge in [0.05, 0.1) is 19.1 Å². The molecule has 0 spiro atoms. The minimum absolute atomic E-state index is 0.0334. The molecule has 0 saturated heterocycles. The first-order chi connectivity index (χ1) is 15.6. The van der Waals surface area contributed by atoms with E-state index in [0.29, 0.717) is 22.2 Å². The highest BCUT2D eigenvalue weighted by Gasteiger charge is 2.30. The number of halogens is 1. The fourth-order valence-corrected chi connectivity index (χ4v) is 4.05. The molecular weight excluding hydrogens is 449 g/mol. The molecule has 0 aliphatic heterocycles.